The van der Waals surface area contributed by atoms with Crippen LogP contribution < -0.4 is 11.5 Å². The zero-order chi connectivity index (χ0) is 18.0. The number of nitrogens with two attached hydrogens (primary N) is 2. The number of anilines is 2. The molecule has 124 valence electrons. The molecular weight excluding hydrogens is 320 g/mol. The summed E-state index contributed by atoms with van der Waals surface area (Å²) < 4.78 is 0. The number of aryl methyl sites for hydroxylation is 1. The molecular formula is C13H12N6O5. The Kier molecular flexibility index (Phi) is 4.26. The molecule has 0 aliphatic rings. The molecule has 5 N–H and O–H groups in total. The molecule has 0 aliphatic carbocycles. The van der Waals surface area contributed by atoms with Crippen LogP contribution in [-0.2, 0) is 0 Å². The second-order valence-corrected chi connectivity index (χ2v) is 4.78. The number of nitrogen functional groups attached to an aromatic ring is 2. The summed E-state index contributed by atoms with van der Waals surface area (Å²) >= 11 is 0. The van der Waals surface area contributed by atoms with Crippen LogP contribution in [0.2, 0.25) is 0 Å². The van der Waals surface area contributed by atoms with E-state index in [2.05, 4.69) is 10.2 Å². The molecule has 0 atom stereocenters. The van der Waals surface area contributed by atoms with Gasteiger partial charge in [0.15, 0.2) is 0 Å². The molecule has 0 bridgehead atoms. The van der Waals surface area contributed by atoms with E-state index >= 15 is 0 Å². The number of hydrogen-bond donors (Lipinski definition) is 3. The lowest BCUT2D eigenvalue weighted by Gasteiger charge is -2.06. The molecule has 0 saturated heterocycles. The number of hydrogen-bond acceptors (Lipinski definition) is 9. The smallest absolute Gasteiger partial charge is 0.317 e. The molecule has 0 amide bonds. The zero-order valence-electron chi connectivity index (χ0n) is 12.3. The Morgan fingerprint density at radius 3 is 2.21 bits per heavy atom. The van der Waals surface area contributed by atoms with Crippen molar-refractivity contribution in [3.05, 3.63) is 50.1 Å². The minimum atomic E-state index is -0.735. The van der Waals surface area contributed by atoms with Crippen molar-refractivity contribution in [2.24, 2.45) is 10.2 Å². The van der Waals surface area contributed by atoms with Gasteiger partial charge in [-0.05, 0) is 24.6 Å². The molecule has 0 saturated carbocycles. The van der Waals surface area contributed by atoms with E-state index in [-0.39, 0.29) is 34.2 Å². The summed E-state index contributed by atoms with van der Waals surface area (Å²) in [6.45, 7) is 1.53. The fourth-order valence-corrected chi connectivity index (χ4v) is 1.91. The Morgan fingerprint density at radius 2 is 1.62 bits per heavy atom. The number of nitro groups is 2. The number of benzene rings is 2. The maximum absolute atomic E-state index is 11.1. The SMILES string of the molecule is Cc1cc(N=Nc2cc([N+](=O)[O-])ccc2O)c(N)c([N+](=O)[O-])c1N. The van der Waals surface area contributed by atoms with Crippen molar-refractivity contribution >= 4 is 34.1 Å². The molecule has 2 rings (SSSR count). The first-order valence-electron chi connectivity index (χ1n) is 6.44. The number of nitro benzene ring substituents is 2. The van der Waals surface area contributed by atoms with Crippen molar-refractivity contribution in [1.29, 1.82) is 0 Å². The van der Waals surface area contributed by atoms with E-state index < -0.39 is 15.5 Å². The van der Waals surface area contributed by atoms with Crippen molar-refractivity contribution in [2.45, 2.75) is 6.92 Å². The monoisotopic (exact) mass is 332 g/mol. The quantitative estimate of drug-likeness (QED) is 0.332. The van der Waals surface area contributed by atoms with Crippen molar-refractivity contribution in [3.8, 4) is 5.75 Å². The van der Waals surface area contributed by atoms with Crippen molar-refractivity contribution in [2.75, 3.05) is 11.5 Å². The second kappa shape index (κ2) is 6.16. The predicted octanol–water partition coefficient (Wildman–Crippen LogP) is 3.10. The topological polar surface area (TPSA) is 183 Å². The number of nitrogens with zero attached hydrogens (tertiary/aromatic N) is 4. The normalized spacial score (nSPS) is 10.9. The molecule has 11 nitrogen and oxygen atoms in total. The van der Waals surface area contributed by atoms with Gasteiger partial charge in [-0.2, -0.15) is 0 Å². The number of rotatable bonds is 4. The molecule has 2 aromatic rings. The van der Waals surface area contributed by atoms with Crippen molar-refractivity contribution in [3.63, 3.8) is 0 Å². The Balaban J connectivity index is 2.52. The highest BCUT2D eigenvalue weighted by Gasteiger charge is 2.22. The van der Waals surface area contributed by atoms with Crippen LogP contribution in [0, 0.1) is 27.2 Å². The molecule has 0 radical (unpaired) electrons. The molecule has 0 aromatic heterocycles. The average Bonchev–Trinajstić information content (AvgIpc) is 2.50. The van der Waals surface area contributed by atoms with Crippen molar-refractivity contribution in [1.82, 2.24) is 0 Å². The van der Waals surface area contributed by atoms with Gasteiger partial charge in [-0.3, -0.25) is 20.2 Å². The highest BCUT2D eigenvalue weighted by molar-refractivity contribution is 5.84. The standard InChI is InChI=1S/C13H12N6O5/c1-6-4-9(12(15)13(11(6)14)19(23)24)17-16-8-5-7(18(21)22)2-3-10(8)20/h2-5,20H,14-15H2,1H3. The van der Waals surface area contributed by atoms with E-state index in [1.165, 1.54) is 13.0 Å². The van der Waals surface area contributed by atoms with E-state index in [4.69, 9.17) is 11.5 Å². The lowest BCUT2D eigenvalue weighted by Crippen LogP contribution is -2.02. The third-order valence-electron chi connectivity index (χ3n) is 3.18. The minimum Gasteiger partial charge on any atom is -0.506 e. The molecule has 0 spiro atoms. The third-order valence-corrected chi connectivity index (χ3v) is 3.18. The summed E-state index contributed by atoms with van der Waals surface area (Å²) in [4.78, 5) is 20.4. The maximum atomic E-state index is 11.1. The van der Waals surface area contributed by atoms with Gasteiger partial charge in [-0.25, -0.2) is 0 Å². The lowest BCUT2D eigenvalue weighted by atomic mass is 10.1. The van der Waals surface area contributed by atoms with Gasteiger partial charge in [0.2, 0.25) is 0 Å². The summed E-state index contributed by atoms with van der Waals surface area (Å²) in [7, 11) is 0. The van der Waals surface area contributed by atoms with Crippen LogP contribution in [0.1, 0.15) is 5.56 Å². The van der Waals surface area contributed by atoms with Crippen LogP contribution in [0.3, 0.4) is 0 Å². The first-order valence-corrected chi connectivity index (χ1v) is 6.44. The van der Waals surface area contributed by atoms with Gasteiger partial charge in [0, 0.05) is 12.1 Å². The Bertz CT molecular complexity index is 880. The summed E-state index contributed by atoms with van der Waals surface area (Å²) in [6, 6.07) is 4.58. The molecule has 24 heavy (non-hydrogen) atoms. The van der Waals surface area contributed by atoms with E-state index in [0.717, 1.165) is 18.2 Å². The number of non-ortho nitro benzene ring substituents is 1. The summed E-state index contributed by atoms with van der Waals surface area (Å²) in [5.41, 5.74) is 10.3. The Morgan fingerprint density at radius 1 is 1.00 bits per heavy atom. The van der Waals surface area contributed by atoms with Gasteiger partial charge in [0.1, 0.15) is 28.5 Å². The zero-order valence-corrected chi connectivity index (χ0v) is 12.3. The van der Waals surface area contributed by atoms with E-state index in [0.29, 0.717) is 5.56 Å². The number of phenols is 1. The van der Waals surface area contributed by atoms with Gasteiger partial charge in [-0.15, -0.1) is 10.2 Å². The molecule has 0 aliphatic heterocycles. The van der Waals surface area contributed by atoms with Crippen LogP contribution in [-0.4, -0.2) is 15.0 Å². The van der Waals surface area contributed by atoms with Crippen LogP contribution in [0.25, 0.3) is 0 Å². The molecule has 0 heterocycles. The summed E-state index contributed by atoms with van der Waals surface area (Å²) in [5.74, 6) is -0.343. The first-order chi connectivity index (χ1) is 11.2. The second-order valence-electron chi connectivity index (χ2n) is 4.78. The highest BCUT2D eigenvalue weighted by Crippen LogP contribution is 2.40. The number of aromatic hydroxyl groups is 1. The van der Waals surface area contributed by atoms with Crippen LogP contribution >= 0.6 is 0 Å². The average molecular weight is 332 g/mol. The Hall–Kier alpha value is -3.76. The fourth-order valence-electron chi connectivity index (χ4n) is 1.91. The minimum absolute atomic E-state index is 0.0423. The molecule has 0 fully saturated rings. The van der Waals surface area contributed by atoms with Gasteiger partial charge in [-0.1, -0.05) is 0 Å². The van der Waals surface area contributed by atoms with Crippen LogP contribution in [0.4, 0.5) is 34.1 Å². The van der Waals surface area contributed by atoms with E-state index in [1.54, 1.807) is 0 Å². The van der Waals surface area contributed by atoms with E-state index in [9.17, 15) is 25.3 Å². The molecule has 0 unspecified atom stereocenters. The first kappa shape index (κ1) is 16.6. The summed E-state index contributed by atoms with van der Waals surface area (Å²) in [5, 5.41) is 38.9. The molecule has 11 heteroatoms. The van der Waals surface area contributed by atoms with Gasteiger partial charge < -0.3 is 16.6 Å². The molecule has 2 aromatic carbocycles. The predicted molar refractivity (Wildman–Crippen MR) is 85.6 cm³/mol. The van der Waals surface area contributed by atoms with Crippen LogP contribution in [0.15, 0.2) is 34.5 Å². The van der Waals surface area contributed by atoms with Crippen molar-refractivity contribution < 1.29 is 15.0 Å². The van der Waals surface area contributed by atoms with Gasteiger partial charge in [0.05, 0.1) is 9.85 Å². The Labute approximate surface area is 134 Å². The maximum Gasteiger partial charge on any atom is 0.317 e. The fraction of sp³-hybridized carbons (Fsp3) is 0.0769. The third kappa shape index (κ3) is 3.04. The van der Waals surface area contributed by atoms with Crippen LogP contribution in [0.5, 0.6) is 5.75 Å². The highest BCUT2D eigenvalue weighted by atomic mass is 16.6. The lowest BCUT2D eigenvalue weighted by molar-refractivity contribution is -0.384. The van der Waals surface area contributed by atoms with Gasteiger partial charge >= 0.3 is 5.69 Å². The number of phenolic OH excluding ortho intramolecular Hbond substituents is 1. The largest absolute Gasteiger partial charge is 0.506 e. The van der Waals surface area contributed by atoms with E-state index in [1.807, 2.05) is 0 Å². The van der Waals surface area contributed by atoms with Gasteiger partial charge in [0.25, 0.3) is 5.69 Å². The summed E-state index contributed by atoms with van der Waals surface area (Å²) in [6.07, 6.45) is 0. The number of azo groups is 1.